The molecule has 0 atom stereocenters. The van der Waals surface area contributed by atoms with Gasteiger partial charge < -0.3 is 10.6 Å². The smallest absolute Gasteiger partial charge is 0.274 e. The first kappa shape index (κ1) is 10.9. The molecule has 0 aliphatic heterocycles. The number of rotatable bonds is 4. The van der Waals surface area contributed by atoms with Gasteiger partial charge in [-0.25, -0.2) is 4.98 Å². The number of nitrogens with two attached hydrogens (primary N) is 1. The Morgan fingerprint density at radius 3 is 2.88 bits per heavy atom. The molecule has 86 valence electrons. The highest BCUT2D eigenvalue weighted by molar-refractivity contribution is 5.92. The van der Waals surface area contributed by atoms with E-state index in [1.165, 1.54) is 25.2 Å². The van der Waals surface area contributed by atoms with Crippen LogP contribution in [0.1, 0.15) is 30.3 Å². The molecular formula is C11H16N4O. The summed E-state index contributed by atoms with van der Waals surface area (Å²) in [5.74, 6) is 0.889. The summed E-state index contributed by atoms with van der Waals surface area (Å²) in [5.41, 5.74) is 5.84. The molecule has 1 amide bonds. The summed E-state index contributed by atoms with van der Waals surface area (Å²) in [6, 6.07) is 0. The maximum atomic E-state index is 12.1. The van der Waals surface area contributed by atoms with E-state index in [4.69, 9.17) is 5.73 Å². The van der Waals surface area contributed by atoms with E-state index < -0.39 is 0 Å². The zero-order valence-corrected chi connectivity index (χ0v) is 9.39. The molecule has 0 spiro atoms. The van der Waals surface area contributed by atoms with Gasteiger partial charge in [-0.2, -0.15) is 0 Å². The van der Waals surface area contributed by atoms with E-state index in [0.29, 0.717) is 18.2 Å². The number of nitrogen functional groups attached to an aromatic ring is 1. The van der Waals surface area contributed by atoms with Crippen molar-refractivity contribution in [1.82, 2.24) is 14.9 Å². The lowest BCUT2D eigenvalue weighted by Gasteiger charge is -2.19. The van der Waals surface area contributed by atoms with Crippen molar-refractivity contribution in [2.24, 2.45) is 5.92 Å². The first-order chi connectivity index (χ1) is 7.70. The molecule has 0 unspecified atom stereocenters. The summed E-state index contributed by atoms with van der Waals surface area (Å²) in [6.45, 7) is 3.50. The summed E-state index contributed by atoms with van der Waals surface area (Å²) in [6.07, 6.45) is 5.36. The van der Waals surface area contributed by atoms with Gasteiger partial charge in [-0.05, 0) is 25.7 Å². The zero-order chi connectivity index (χ0) is 11.5. The van der Waals surface area contributed by atoms with Crippen molar-refractivity contribution >= 4 is 11.7 Å². The molecule has 1 fully saturated rings. The maximum absolute atomic E-state index is 12.1. The fraction of sp³-hybridized carbons (Fsp3) is 0.545. The molecule has 1 aliphatic carbocycles. The van der Waals surface area contributed by atoms with Crippen LogP contribution in [-0.2, 0) is 0 Å². The summed E-state index contributed by atoms with van der Waals surface area (Å²) in [4.78, 5) is 21.7. The standard InChI is InChI=1S/C11H16N4O/c1-2-15(7-8-3-4-8)11(16)9-5-13-6-10(12)14-9/h5-6,8H,2-4,7H2,1H3,(H2,12,14). The predicted molar refractivity (Wildman–Crippen MR) is 60.7 cm³/mol. The largest absolute Gasteiger partial charge is 0.382 e. The van der Waals surface area contributed by atoms with Crippen LogP contribution in [0.15, 0.2) is 12.4 Å². The number of aromatic nitrogens is 2. The minimum Gasteiger partial charge on any atom is -0.382 e. The van der Waals surface area contributed by atoms with E-state index in [2.05, 4.69) is 9.97 Å². The molecule has 5 nitrogen and oxygen atoms in total. The van der Waals surface area contributed by atoms with E-state index in [-0.39, 0.29) is 11.7 Å². The highest BCUT2D eigenvalue weighted by Gasteiger charge is 2.27. The van der Waals surface area contributed by atoms with Crippen LogP contribution in [0.3, 0.4) is 0 Å². The van der Waals surface area contributed by atoms with Crippen molar-refractivity contribution in [2.75, 3.05) is 18.8 Å². The highest BCUT2D eigenvalue weighted by Crippen LogP contribution is 2.29. The van der Waals surface area contributed by atoms with Gasteiger partial charge in [0.1, 0.15) is 11.5 Å². The average molecular weight is 220 g/mol. The molecule has 0 saturated heterocycles. The molecule has 16 heavy (non-hydrogen) atoms. The molecule has 1 saturated carbocycles. The third kappa shape index (κ3) is 2.48. The van der Waals surface area contributed by atoms with Crippen LogP contribution in [0.25, 0.3) is 0 Å². The Labute approximate surface area is 94.7 Å². The van der Waals surface area contributed by atoms with Gasteiger partial charge in [-0.3, -0.25) is 9.78 Å². The number of amides is 1. The highest BCUT2D eigenvalue weighted by atomic mass is 16.2. The Balaban J connectivity index is 2.09. The van der Waals surface area contributed by atoms with Gasteiger partial charge in [0.15, 0.2) is 0 Å². The number of carbonyl (C=O) groups excluding carboxylic acids is 1. The Kier molecular flexibility index (Phi) is 3.03. The molecule has 1 aromatic heterocycles. The lowest BCUT2D eigenvalue weighted by molar-refractivity contribution is 0.0750. The number of hydrogen-bond donors (Lipinski definition) is 1. The first-order valence-electron chi connectivity index (χ1n) is 5.57. The molecule has 0 bridgehead atoms. The predicted octanol–water partition coefficient (Wildman–Crippen LogP) is 0.931. The lowest BCUT2D eigenvalue weighted by atomic mass is 10.3. The van der Waals surface area contributed by atoms with Crippen LogP contribution >= 0.6 is 0 Å². The van der Waals surface area contributed by atoms with Crippen LogP contribution < -0.4 is 5.73 Å². The van der Waals surface area contributed by atoms with Crippen molar-refractivity contribution in [1.29, 1.82) is 0 Å². The SMILES string of the molecule is CCN(CC1CC1)C(=O)c1cncc(N)n1. The summed E-state index contributed by atoms with van der Waals surface area (Å²) < 4.78 is 0. The average Bonchev–Trinajstić information content (AvgIpc) is 3.09. The summed E-state index contributed by atoms with van der Waals surface area (Å²) in [5, 5.41) is 0. The second kappa shape index (κ2) is 4.47. The fourth-order valence-corrected chi connectivity index (χ4v) is 1.61. The molecule has 1 aromatic rings. The van der Waals surface area contributed by atoms with Crippen molar-refractivity contribution in [3.63, 3.8) is 0 Å². The Bertz CT molecular complexity index is 389. The molecule has 0 radical (unpaired) electrons. The van der Waals surface area contributed by atoms with Gasteiger partial charge >= 0.3 is 0 Å². The molecule has 5 heteroatoms. The van der Waals surface area contributed by atoms with Gasteiger partial charge in [0.25, 0.3) is 5.91 Å². The van der Waals surface area contributed by atoms with Crippen molar-refractivity contribution < 1.29 is 4.79 Å². The van der Waals surface area contributed by atoms with Crippen molar-refractivity contribution in [3.8, 4) is 0 Å². The minimum absolute atomic E-state index is 0.0748. The van der Waals surface area contributed by atoms with E-state index >= 15 is 0 Å². The van der Waals surface area contributed by atoms with Crippen LogP contribution in [0, 0.1) is 5.92 Å². The van der Waals surface area contributed by atoms with Gasteiger partial charge in [0.2, 0.25) is 0 Å². The number of carbonyl (C=O) groups is 1. The molecule has 1 heterocycles. The van der Waals surface area contributed by atoms with E-state index in [0.717, 1.165) is 6.54 Å². The Morgan fingerprint density at radius 2 is 2.31 bits per heavy atom. The molecular weight excluding hydrogens is 204 g/mol. The first-order valence-corrected chi connectivity index (χ1v) is 5.57. The second-order valence-electron chi connectivity index (χ2n) is 4.12. The Morgan fingerprint density at radius 1 is 1.56 bits per heavy atom. The second-order valence-corrected chi connectivity index (χ2v) is 4.12. The van der Waals surface area contributed by atoms with Gasteiger partial charge in [0, 0.05) is 13.1 Å². The fourth-order valence-electron chi connectivity index (χ4n) is 1.61. The molecule has 2 rings (SSSR count). The van der Waals surface area contributed by atoms with Crippen LogP contribution in [0.2, 0.25) is 0 Å². The summed E-state index contributed by atoms with van der Waals surface area (Å²) >= 11 is 0. The summed E-state index contributed by atoms with van der Waals surface area (Å²) in [7, 11) is 0. The number of nitrogens with zero attached hydrogens (tertiary/aromatic N) is 3. The topological polar surface area (TPSA) is 72.1 Å². The van der Waals surface area contributed by atoms with Gasteiger partial charge in [-0.15, -0.1) is 0 Å². The number of anilines is 1. The zero-order valence-electron chi connectivity index (χ0n) is 9.39. The van der Waals surface area contributed by atoms with E-state index in [1.54, 1.807) is 4.90 Å². The third-order valence-electron chi connectivity index (χ3n) is 2.72. The Hall–Kier alpha value is -1.65. The maximum Gasteiger partial charge on any atom is 0.274 e. The quantitative estimate of drug-likeness (QED) is 0.819. The minimum atomic E-state index is -0.0748. The van der Waals surface area contributed by atoms with E-state index in [9.17, 15) is 4.79 Å². The molecule has 2 N–H and O–H groups in total. The molecule has 0 aromatic carbocycles. The van der Waals surface area contributed by atoms with Gasteiger partial charge in [-0.1, -0.05) is 0 Å². The number of hydrogen-bond acceptors (Lipinski definition) is 4. The van der Waals surface area contributed by atoms with Crippen molar-refractivity contribution in [2.45, 2.75) is 19.8 Å². The van der Waals surface area contributed by atoms with Crippen molar-refractivity contribution in [3.05, 3.63) is 18.1 Å². The molecule has 1 aliphatic rings. The van der Waals surface area contributed by atoms with Crippen LogP contribution in [-0.4, -0.2) is 33.9 Å². The van der Waals surface area contributed by atoms with Crippen LogP contribution in [0.4, 0.5) is 5.82 Å². The van der Waals surface area contributed by atoms with E-state index in [1.807, 2.05) is 6.92 Å². The third-order valence-corrected chi connectivity index (χ3v) is 2.72. The van der Waals surface area contributed by atoms with Crippen LogP contribution in [0.5, 0.6) is 0 Å². The monoisotopic (exact) mass is 220 g/mol. The lowest BCUT2D eigenvalue weighted by Crippen LogP contribution is -2.33. The normalized spacial score (nSPS) is 14.8. The van der Waals surface area contributed by atoms with Gasteiger partial charge in [0.05, 0.1) is 12.4 Å².